The minimum absolute atomic E-state index is 0.0730. The number of rotatable bonds is 3. The van der Waals surface area contributed by atoms with E-state index in [2.05, 4.69) is 124 Å². The van der Waals surface area contributed by atoms with E-state index in [0.29, 0.717) is 11.8 Å². The summed E-state index contributed by atoms with van der Waals surface area (Å²) < 4.78 is 0. The van der Waals surface area contributed by atoms with Crippen molar-refractivity contribution >= 4 is 11.1 Å². The lowest BCUT2D eigenvalue weighted by Gasteiger charge is -2.30. The maximum absolute atomic E-state index is 2.54. The van der Waals surface area contributed by atoms with E-state index >= 15 is 0 Å². The lowest BCUT2D eigenvalue weighted by atomic mass is 9.73. The Morgan fingerprint density at radius 1 is 0.765 bits per heavy atom. The van der Waals surface area contributed by atoms with Gasteiger partial charge in [0.15, 0.2) is 0 Å². The molecular formula is C34H32. The van der Waals surface area contributed by atoms with E-state index in [1.54, 1.807) is 0 Å². The molecule has 3 aliphatic carbocycles. The maximum Gasteiger partial charge on any atom is 0.0108 e. The molecule has 0 saturated heterocycles. The van der Waals surface area contributed by atoms with Crippen molar-refractivity contribution in [2.45, 2.75) is 44.9 Å². The monoisotopic (exact) mass is 440 g/mol. The summed E-state index contributed by atoms with van der Waals surface area (Å²) in [5.41, 5.74) is 12.5. The van der Waals surface area contributed by atoms with Crippen LogP contribution in [0.4, 0.5) is 0 Å². The summed E-state index contributed by atoms with van der Waals surface area (Å²) in [6.07, 6.45) is 16.7. The van der Waals surface area contributed by atoms with Crippen LogP contribution in [0, 0.1) is 12.8 Å². The Morgan fingerprint density at radius 2 is 1.59 bits per heavy atom. The van der Waals surface area contributed by atoms with Gasteiger partial charge < -0.3 is 0 Å². The minimum atomic E-state index is 0.0730. The fraction of sp³-hybridized carbons (Fsp3) is 0.235. The molecule has 0 aliphatic heterocycles. The Balaban J connectivity index is 1.57. The topological polar surface area (TPSA) is 0 Å². The summed E-state index contributed by atoms with van der Waals surface area (Å²) in [5, 5.41) is 0. The highest BCUT2D eigenvalue weighted by Gasteiger charge is 2.46. The van der Waals surface area contributed by atoms with Crippen molar-refractivity contribution in [2.75, 3.05) is 0 Å². The van der Waals surface area contributed by atoms with Crippen molar-refractivity contribution < 1.29 is 0 Å². The Bertz CT molecular complexity index is 1370. The van der Waals surface area contributed by atoms with Crippen molar-refractivity contribution in [2.24, 2.45) is 5.92 Å². The standard InChI is InChI=1S/C34H32/c1-23-11-10-16-26(19-23)27-17-18-31-30(20-27)33-29(25-14-8-5-9-15-25)21-28(22-32(33)34(31,2)3)24-12-6-4-7-13-24/h5-6,8-22,30-31H,4,7H2,1-3H3. The second-order valence-corrected chi connectivity index (χ2v) is 10.6. The summed E-state index contributed by atoms with van der Waals surface area (Å²) in [7, 11) is 0. The van der Waals surface area contributed by atoms with E-state index < -0.39 is 0 Å². The number of fused-ring (bicyclic) bond motifs is 3. The average Bonchev–Trinajstić information content (AvgIpc) is 3.11. The van der Waals surface area contributed by atoms with Crippen LogP contribution in [0.1, 0.15) is 60.4 Å². The molecule has 3 aromatic carbocycles. The quantitative estimate of drug-likeness (QED) is 0.381. The Labute approximate surface area is 204 Å². The molecule has 168 valence electrons. The third kappa shape index (κ3) is 3.44. The summed E-state index contributed by atoms with van der Waals surface area (Å²) in [6.45, 7) is 7.06. The smallest absolute Gasteiger partial charge is 0.0108 e. The van der Waals surface area contributed by atoms with Crippen molar-refractivity contribution in [3.63, 3.8) is 0 Å². The minimum Gasteiger partial charge on any atom is -0.0836 e. The van der Waals surface area contributed by atoms with Gasteiger partial charge in [-0.05, 0) is 81.7 Å². The molecule has 0 nitrogen and oxygen atoms in total. The van der Waals surface area contributed by atoms with Crippen LogP contribution in [0.5, 0.6) is 0 Å². The second kappa shape index (κ2) is 8.13. The number of aryl methyl sites for hydroxylation is 1. The zero-order chi connectivity index (χ0) is 23.3. The number of allylic oxidation sites excluding steroid dienone is 8. The highest BCUT2D eigenvalue weighted by Crippen LogP contribution is 2.57. The van der Waals surface area contributed by atoms with E-state index in [4.69, 9.17) is 0 Å². The Kier molecular flexibility index (Phi) is 5.06. The summed E-state index contributed by atoms with van der Waals surface area (Å²) in [4.78, 5) is 0. The molecule has 0 N–H and O–H groups in total. The van der Waals surface area contributed by atoms with Crippen molar-refractivity contribution in [1.82, 2.24) is 0 Å². The number of benzene rings is 3. The Hall–Kier alpha value is -3.38. The van der Waals surface area contributed by atoms with Gasteiger partial charge in [-0.15, -0.1) is 0 Å². The van der Waals surface area contributed by atoms with Gasteiger partial charge in [-0.25, -0.2) is 0 Å². The van der Waals surface area contributed by atoms with Gasteiger partial charge in [0.1, 0.15) is 0 Å². The molecule has 0 aromatic heterocycles. The lowest BCUT2D eigenvalue weighted by Crippen LogP contribution is -2.25. The third-order valence-corrected chi connectivity index (χ3v) is 8.03. The van der Waals surface area contributed by atoms with Crippen LogP contribution in [0.15, 0.2) is 103 Å². The molecule has 3 aliphatic rings. The predicted molar refractivity (Wildman–Crippen MR) is 146 cm³/mol. The molecule has 0 amide bonds. The van der Waals surface area contributed by atoms with Crippen LogP contribution in [0.3, 0.4) is 0 Å². The number of hydrogen-bond acceptors (Lipinski definition) is 0. The summed E-state index contributed by atoms with van der Waals surface area (Å²) >= 11 is 0. The van der Waals surface area contributed by atoms with Crippen LogP contribution in [0.2, 0.25) is 0 Å². The van der Waals surface area contributed by atoms with Gasteiger partial charge in [-0.2, -0.15) is 0 Å². The van der Waals surface area contributed by atoms with Crippen molar-refractivity contribution in [3.8, 4) is 11.1 Å². The summed E-state index contributed by atoms with van der Waals surface area (Å²) in [6, 6.07) is 24.8. The fourth-order valence-electron chi connectivity index (χ4n) is 6.22. The van der Waals surface area contributed by atoms with Gasteiger partial charge in [-0.1, -0.05) is 117 Å². The van der Waals surface area contributed by atoms with Crippen LogP contribution < -0.4 is 0 Å². The molecular weight excluding hydrogens is 408 g/mol. The van der Waals surface area contributed by atoms with Gasteiger partial charge in [0.2, 0.25) is 0 Å². The van der Waals surface area contributed by atoms with Crippen LogP contribution >= 0.6 is 0 Å². The molecule has 3 aromatic rings. The van der Waals surface area contributed by atoms with Crippen LogP contribution in [-0.4, -0.2) is 0 Å². The molecule has 34 heavy (non-hydrogen) atoms. The van der Waals surface area contributed by atoms with E-state index in [1.807, 2.05) is 0 Å². The van der Waals surface area contributed by atoms with Crippen molar-refractivity contribution in [1.29, 1.82) is 0 Å². The zero-order valence-corrected chi connectivity index (χ0v) is 20.4. The first-order valence-corrected chi connectivity index (χ1v) is 12.6. The molecule has 2 unspecified atom stereocenters. The molecule has 0 heteroatoms. The first kappa shape index (κ1) is 21.2. The fourth-order valence-corrected chi connectivity index (χ4v) is 6.22. The molecule has 0 saturated carbocycles. The van der Waals surface area contributed by atoms with E-state index in [9.17, 15) is 0 Å². The second-order valence-electron chi connectivity index (χ2n) is 10.6. The molecule has 2 atom stereocenters. The molecule has 0 radical (unpaired) electrons. The first-order valence-electron chi connectivity index (χ1n) is 12.6. The van der Waals surface area contributed by atoms with Gasteiger partial charge >= 0.3 is 0 Å². The SMILES string of the molecule is Cc1cccc(C2=CC3c4c(-c5ccccc5)cc(C5=CCCC=C5)cc4C(C)(C)C3C=C2)c1. The molecule has 0 bridgehead atoms. The molecule has 6 rings (SSSR count). The maximum atomic E-state index is 2.54. The number of hydrogen-bond donors (Lipinski definition) is 0. The summed E-state index contributed by atoms with van der Waals surface area (Å²) in [5.74, 6) is 0.843. The Morgan fingerprint density at radius 3 is 2.35 bits per heavy atom. The van der Waals surface area contributed by atoms with Crippen LogP contribution in [-0.2, 0) is 5.41 Å². The first-order chi connectivity index (χ1) is 16.5. The van der Waals surface area contributed by atoms with Crippen LogP contribution in [0.25, 0.3) is 22.3 Å². The normalized spacial score (nSPS) is 22.1. The highest BCUT2D eigenvalue weighted by molar-refractivity contribution is 5.84. The molecule has 0 fully saturated rings. The van der Waals surface area contributed by atoms with E-state index in [-0.39, 0.29) is 5.41 Å². The highest BCUT2D eigenvalue weighted by atomic mass is 14.5. The van der Waals surface area contributed by atoms with Gasteiger partial charge in [0.05, 0.1) is 0 Å². The molecule has 0 heterocycles. The average molecular weight is 441 g/mol. The zero-order valence-electron chi connectivity index (χ0n) is 20.4. The van der Waals surface area contributed by atoms with E-state index in [0.717, 1.165) is 12.8 Å². The van der Waals surface area contributed by atoms with Gasteiger partial charge in [-0.3, -0.25) is 0 Å². The lowest BCUT2D eigenvalue weighted by molar-refractivity contribution is 0.395. The predicted octanol–water partition coefficient (Wildman–Crippen LogP) is 9.04. The van der Waals surface area contributed by atoms with Crippen molar-refractivity contribution in [3.05, 3.63) is 131 Å². The largest absolute Gasteiger partial charge is 0.0836 e. The molecule has 0 spiro atoms. The van der Waals surface area contributed by atoms with Gasteiger partial charge in [0, 0.05) is 5.92 Å². The third-order valence-electron chi connectivity index (χ3n) is 8.03. The van der Waals surface area contributed by atoms with Gasteiger partial charge in [0.25, 0.3) is 0 Å². The van der Waals surface area contributed by atoms with E-state index in [1.165, 1.54) is 50.1 Å².